The van der Waals surface area contributed by atoms with Crippen LogP contribution in [0.15, 0.2) is 6.20 Å². The highest BCUT2D eigenvalue weighted by Crippen LogP contribution is 2.24. The standard InChI is InChI=1S/C14H24N4O3S/c1-12-10-15-16-14(12)9-13-3-2-4-18(11-13)22(19,20)17-5-7-21-8-6-17/h10,13H,2-9,11H2,1H3,(H,15,16)/t13-/m1/s1. The van der Waals surface area contributed by atoms with Crippen molar-refractivity contribution >= 4 is 10.2 Å². The van der Waals surface area contributed by atoms with Gasteiger partial charge in [-0.3, -0.25) is 5.10 Å². The van der Waals surface area contributed by atoms with Gasteiger partial charge in [-0.1, -0.05) is 0 Å². The molecule has 0 bridgehead atoms. The van der Waals surface area contributed by atoms with Gasteiger partial charge in [-0.25, -0.2) is 0 Å². The van der Waals surface area contributed by atoms with Crippen LogP contribution in [0.1, 0.15) is 24.1 Å². The highest BCUT2D eigenvalue weighted by molar-refractivity contribution is 7.86. The first-order chi connectivity index (χ1) is 10.6. The fourth-order valence-electron chi connectivity index (χ4n) is 3.21. The Bertz CT molecular complexity index is 595. The van der Waals surface area contributed by atoms with Gasteiger partial charge in [-0.05, 0) is 37.7 Å². The summed E-state index contributed by atoms with van der Waals surface area (Å²) in [5, 5.41) is 7.07. The number of morpholine rings is 1. The van der Waals surface area contributed by atoms with Gasteiger partial charge in [0, 0.05) is 31.9 Å². The lowest BCUT2D eigenvalue weighted by Crippen LogP contribution is -2.51. The van der Waals surface area contributed by atoms with Crippen molar-refractivity contribution in [2.75, 3.05) is 39.4 Å². The SMILES string of the molecule is Cc1cn[nH]c1C[C@H]1CCCN(S(=O)(=O)N2CCOCC2)C1. The minimum atomic E-state index is -3.35. The number of hydrogen-bond acceptors (Lipinski definition) is 4. The van der Waals surface area contributed by atoms with E-state index in [1.807, 2.05) is 13.1 Å². The van der Waals surface area contributed by atoms with Crippen molar-refractivity contribution in [3.8, 4) is 0 Å². The number of rotatable bonds is 4. The maximum absolute atomic E-state index is 12.7. The minimum Gasteiger partial charge on any atom is -0.379 e. The molecular weight excluding hydrogens is 304 g/mol. The van der Waals surface area contributed by atoms with Crippen molar-refractivity contribution < 1.29 is 13.2 Å². The summed E-state index contributed by atoms with van der Waals surface area (Å²) >= 11 is 0. The van der Waals surface area contributed by atoms with Crippen molar-refractivity contribution in [2.24, 2.45) is 5.92 Å². The predicted octanol–water partition coefficient (Wildman–Crippen LogP) is 0.550. The van der Waals surface area contributed by atoms with E-state index in [-0.39, 0.29) is 0 Å². The molecule has 2 aliphatic rings. The Labute approximate surface area is 131 Å². The third-order valence-electron chi connectivity index (χ3n) is 4.53. The van der Waals surface area contributed by atoms with Crippen LogP contribution in [-0.4, -0.2) is 66.6 Å². The monoisotopic (exact) mass is 328 g/mol. The van der Waals surface area contributed by atoms with Gasteiger partial charge in [0.25, 0.3) is 10.2 Å². The van der Waals surface area contributed by atoms with E-state index in [1.165, 1.54) is 0 Å². The number of nitrogens with zero attached hydrogens (tertiary/aromatic N) is 3. The third kappa shape index (κ3) is 3.34. The zero-order valence-electron chi connectivity index (χ0n) is 13.0. The van der Waals surface area contributed by atoms with E-state index in [4.69, 9.17) is 4.74 Å². The molecule has 3 rings (SSSR count). The Hall–Kier alpha value is -0.960. The quantitative estimate of drug-likeness (QED) is 0.875. The summed E-state index contributed by atoms with van der Waals surface area (Å²) < 4.78 is 33.9. The highest BCUT2D eigenvalue weighted by Gasteiger charge is 2.34. The van der Waals surface area contributed by atoms with E-state index in [9.17, 15) is 8.42 Å². The number of nitrogens with one attached hydrogen (secondary N) is 1. The van der Waals surface area contributed by atoms with Crippen LogP contribution in [0, 0.1) is 12.8 Å². The summed E-state index contributed by atoms with van der Waals surface area (Å²) in [6.45, 7) is 5.15. The molecule has 2 aliphatic heterocycles. The molecule has 124 valence electrons. The summed E-state index contributed by atoms with van der Waals surface area (Å²) in [7, 11) is -3.35. The summed E-state index contributed by atoms with van der Waals surface area (Å²) in [6, 6.07) is 0. The van der Waals surface area contributed by atoms with Gasteiger partial charge in [-0.2, -0.15) is 22.1 Å². The molecule has 22 heavy (non-hydrogen) atoms. The lowest BCUT2D eigenvalue weighted by Gasteiger charge is -2.36. The van der Waals surface area contributed by atoms with E-state index in [1.54, 1.807) is 8.61 Å². The zero-order valence-corrected chi connectivity index (χ0v) is 13.8. The molecule has 1 aromatic rings. The molecule has 2 saturated heterocycles. The molecule has 0 aliphatic carbocycles. The van der Waals surface area contributed by atoms with E-state index >= 15 is 0 Å². The van der Waals surface area contributed by atoms with Crippen LogP contribution in [0.3, 0.4) is 0 Å². The average molecular weight is 328 g/mol. The maximum atomic E-state index is 12.7. The van der Waals surface area contributed by atoms with Gasteiger partial charge < -0.3 is 4.74 Å². The molecule has 0 amide bonds. The van der Waals surface area contributed by atoms with Crippen molar-refractivity contribution in [1.82, 2.24) is 18.8 Å². The molecule has 3 heterocycles. The predicted molar refractivity (Wildman–Crippen MR) is 82.6 cm³/mol. The Morgan fingerprint density at radius 2 is 2.09 bits per heavy atom. The zero-order chi connectivity index (χ0) is 15.6. The Kier molecular flexibility index (Phi) is 4.82. The minimum absolute atomic E-state index is 0.351. The molecule has 1 N–H and O–H groups in total. The smallest absolute Gasteiger partial charge is 0.282 e. The number of ether oxygens (including phenoxy) is 1. The van der Waals surface area contributed by atoms with E-state index in [2.05, 4.69) is 10.2 Å². The van der Waals surface area contributed by atoms with E-state index < -0.39 is 10.2 Å². The fraction of sp³-hybridized carbons (Fsp3) is 0.786. The molecule has 1 atom stereocenters. The second-order valence-corrected chi connectivity index (χ2v) is 8.05. The molecule has 0 unspecified atom stereocenters. The molecule has 2 fully saturated rings. The highest BCUT2D eigenvalue weighted by atomic mass is 32.2. The normalized spacial score (nSPS) is 25.4. The Morgan fingerprint density at radius 1 is 1.32 bits per heavy atom. The first kappa shape index (κ1) is 15.9. The fourth-order valence-corrected chi connectivity index (χ4v) is 4.91. The second kappa shape index (κ2) is 6.66. The van der Waals surface area contributed by atoms with Crippen LogP contribution in [0.2, 0.25) is 0 Å². The summed E-state index contributed by atoms with van der Waals surface area (Å²) in [4.78, 5) is 0. The van der Waals surface area contributed by atoms with Gasteiger partial charge in [0.15, 0.2) is 0 Å². The van der Waals surface area contributed by atoms with Gasteiger partial charge in [0.2, 0.25) is 0 Å². The van der Waals surface area contributed by atoms with Crippen molar-refractivity contribution in [1.29, 1.82) is 0 Å². The van der Waals surface area contributed by atoms with Crippen molar-refractivity contribution in [3.63, 3.8) is 0 Å². The summed E-state index contributed by atoms with van der Waals surface area (Å²) in [5.41, 5.74) is 2.27. The van der Waals surface area contributed by atoms with Crippen molar-refractivity contribution in [3.05, 3.63) is 17.5 Å². The number of H-pyrrole nitrogens is 1. The number of aromatic amines is 1. The Morgan fingerprint density at radius 3 is 2.77 bits per heavy atom. The van der Waals surface area contributed by atoms with E-state index in [0.29, 0.717) is 45.3 Å². The van der Waals surface area contributed by atoms with Crippen LogP contribution in [0.5, 0.6) is 0 Å². The summed E-state index contributed by atoms with van der Waals surface area (Å²) in [6.07, 6.45) is 4.66. The van der Waals surface area contributed by atoms with Crippen LogP contribution in [-0.2, 0) is 21.4 Å². The largest absolute Gasteiger partial charge is 0.379 e. The van der Waals surface area contributed by atoms with Gasteiger partial charge in [-0.15, -0.1) is 0 Å². The first-order valence-corrected chi connectivity index (χ1v) is 9.29. The maximum Gasteiger partial charge on any atom is 0.282 e. The summed E-state index contributed by atoms with van der Waals surface area (Å²) in [5.74, 6) is 0.351. The number of aryl methyl sites for hydroxylation is 1. The van der Waals surface area contributed by atoms with Crippen molar-refractivity contribution in [2.45, 2.75) is 26.2 Å². The molecule has 0 spiro atoms. The number of aromatic nitrogens is 2. The van der Waals surface area contributed by atoms with Gasteiger partial charge >= 0.3 is 0 Å². The molecular formula is C14H24N4O3S. The first-order valence-electron chi connectivity index (χ1n) is 7.89. The van der Waals surface area contributed by atoms with Crippen LogP contribution in [0.4, 0.5) is 0 Å². The average Bonchev–Trinajstić information content (AvgIpc) is 2.94. The topological polar surface area (TPSA) is 78.5 Å². The number of piperidine rings is 1. The van der Waals surface area contributed by atoms with Crippen LogP contribution >= 0.6 is 0 Å². The molecule has 0 radical (unpaired) electrons. The Balaban J connectivity index is 1.66. The lowest BCUT2D eigenvalue weighted by atomic mass is 9.94. The molecule has 8 heteroatoms. The second-order valence-electron chi connectivity index (χ2n) is 6.12. The molecule has 0 saturated carbocycles. The van der Waals surface area contributed by atoms with E-state index in [0.717, 1.165) is 30.5 Å². The molecule has 1 aromatic heterocycles. The van der Waals surface area contributed by atoms with Crippen LogP contribution < -0.4 is 0 Å². The lowest BCUT2D eigenvalue weighted by molar-refractivity contribution is 0.0691. The van der Waals surface area contributed by atoms with Gasteiger partial charge in [0.05, 0.1) is 19.4 Å². The third-order valence-corrected chi connectivity index (χ3v) is 6.53. The van der Waals surface area contributed by atoms with Gasteiger partial charge in [0.1, 0.15) is 0 Å². The molecule has 7 nitrogen and oxygen atoms in total. The molecule has 0 aromatic carbocycles. The number of hydrogen-bond donors (Lipinski definition) is 1. The van der Waals surface area contributed by atoms with Crippen LogP contribution in [0.25, 0.3) is 0 Å².